The molecule has 3 aromatic rings. The lowest BCUT2D eigenvalue weighted by Crippen LogP contribution is -2.12. The molecule has 1 aromatic carbocycles. The Balaban J connectivity index is 1.70. The molecule has 4 rings (SSSR count). The van der Waals surface area contributed by atoms with Gasteiger partial charge in [0, 0.05) is 11.4 Å². The molecule has 0 spiro atoms. The summed E-state index contributed by atoms with van der Waals surface area (Å²) in [5.74, 6) is 1.12. The van der Waals surface area contributed by atoms with Crippen molar-refractivity contribution < 1.29 is 17.9 Å². The van der Waals surface area contributed by atoms with Crippen LogP contribution in [-0.4, -0.2) is 28.2 Å². The Hall–Kier alpha value is -3.00. The van der Waals surface area contributed by atoms with Gasteiger partial charge in [0.05, 0.1) is 36.2 Å². The molecular formula is C22H21F3N4O. The number of nitrogens with one attached hydrogen (secondary N) is 1. The van der Waals surface area contributed by atoms with Gasteiger partial charge in [-0.2, -0.15) is 13.2 Å². The first-order valence-electron chi connectivity index (χ1n) is 9.66. The van der Waals surface area contributed by atoms with Gasteiger partial charge in [-0.25, -0.2) is 9.97 Å². The van der Waals surface area contributed by atoms with Crippen LogP contribution >= 0.6 is 0 Å². The van der Waals surface area contributed by atoms with E-state index in [2.05, 4.69) is 20.3 Å². The number of ether oxygens (including phenoxy) is 1. The second-order valence-corrected chi connectivity index (χ2v) is 7.25. The summed E-state index contributed by atoms with van der Waals surface area (Å²) in [6.45, 7) is 4.78. The van der Waals surface area contributed by atoms with Gasteiger partial charge in [0.25, 0.3) is 0 Å². The van der Waals surface area contributed by atoms with Crippen LogP contribution in [0.15, 0.2) is 42.6 Å². The van der Waals surface area contributed by atoms with Crippen molar-refractivity contribution in [3.05, 3.63) is 65.2 Å². The van der Waals surface area contributed by atoms with Crippen molar-refractivity contribution in [1.29, 1.82) is 0 Å². The van der Waals surface area contributed by atoms with E-state index >= 15 is 0 Å². The Morgan fingerprint density at radius 3 is 2.73 bits per heavy atom. The molecule has 156 valence electrons. The Bertz CT molecular complexity index is 1110. The lowest BCUT2D eigenvalue weighted by atomic mass is 10.0. The van der Waals surface area contributed by atoms with Crippen LogP contribution in [0.4, 0.5) is 19.0 Å². The van der Waals surface area contributed by atoms with Crippen LogP contribution in [0.5, 0.6) is 0 Å². The Kier molecular flexibility index (Phi) is 5.42. The molecule has 3 heterocycles. The van der Waals surface area contributed by atoms with Crippen LogP contribution in [0, 0.1) is 6.92 Å². The zero-order valence-electron chi connectivity index (χ0n) is 16.6. The van der Waals surface area contributed by atoms with Gasteiger partial charge >= 0.3 is 6.18 Å². The number of hydrogen-bond donors (Lipinski definition) is 1. The van der Waals surface area contributed by atoms with E-state index in [0.29, 0.717) is 35.9 Å². The topological polar surface area (TPSA) is 59.9 Å². The summed E-state index contributed by atoms with van der Waals surface area (Å²) in [4.78, 5) is 13.5. The second-order valence-electron chi connectivity index (χ2n) is 7.25. The largest absolute Gasteiger partial charge is 0.416 e. The number of halogens is 3. The first-order chi connectivity index (χ1) is 14.3. The van der Waals surface area contributed by atoms with E-state index in [4.69, 9.17) is 4.74 Å². The average Bonchev–Trinajstić information content (AvgIpc) is 2.73. The van der Waals surface area contributed by atoms with E-state index in [1.165, 1.54) is 6.07 Å². The van der Waals surface area contributed by atoms with E-state index in [-0.39, 0.29) is 6.04 Å². The molecular weight excluding hydrogens is 393 g/mol. The van der Waals surface area contributed by atoms with Crippen LogP contribution < -0.4 is 5.32 Å². The molecule has 0 unspecified atom stereocenters. The lowest BCUT2D eigenvalue weighted by Gasteiger charge is -2.19. The third kappa shape index (κ3) is 4.28. The van der Waals surface area contributed by atoms with E-state index in [0.717, 1.165) is 35.2 Å². The summed E-state index contributed by atoms with van der Waals surface area (Å²) in [7, 11) is 0. The van der Waals surface area contributed by atoms with Crippen molar-refractivity contribution in [3.8, 4) is 0 Å². The van der Waals surface area contributed by atoms with Crippen LogP contribution in [-0.2, 0) is 10.9 Å². The third-order valence-electron chi connectivity index (χ3n) is 5.05. The number of aryl methyl sites for hydroxylation is 1. The minimum absolute atomic E-state index is 0.385. The van der Waals surface area contributed by atoms with Gasteiger partial charge < -0.3 is 10.1 Å². The molecule has 8 heteroatoms. The molecule has 0 amide bonds. The number of anilines is 1. The minimum atomic E-state index is -4.38. The number of fused-ring (bicyclic) bond motifs is 1. The van der Waals surface area contributed by atoms with Gasteiger partial charge in [0.2, 0.25) is 0 Å². The highest BCUT2D eigenvalue weighted by molar-refractivity contribution is 5.90. The predicted octanol–water partition coefficient (Wildman–Crippen LogP) is 5.33. The number of rotatable bonds is 4. The lowest BCUT2D eigenvalue weighted by molar-refractivity contribution is -0.137. The van der Waals surface area contributed by atoms with Crippen molar-refractivity contribution in [2.75, 3.05) is 18.5 Å². The van der Waals surface area contributed by atoms with Gasteiger partial charge in [-0.05, 0) is 49.6 Å². The van der Waals surface area contributed by atoms with Crippen LogP contribution in [0.2, 0.25) is 0 Å². The van der Waals surface area contributed by atoms with Gasteiger partial charge in [-0.3, -0.25) is 4.98 Å². The number of hydrogen-bond acceptors (Lipinski definition) is 5. The summed E-state index contributed by atoms with van der Waals surface area (Å²) in [5, 5.41) is 4.04. The van der Waals surface area contributed by atoms with Crippen molar-refractivity contribution in [2.24, 2.45) is 0 Å². The molecule has 0 saturated heterocycles. The summed E-state index contributed by atoms with van der Waals surface area (Å²) in [5.41, 5.74) is 2.46. The molecule has 0 aliphatic carbocycles. The first-order valence-corrected chi connectivity index (χ1v) is 9.66. The molecule has 0 bridgehead atoms. The van der Waals surface area contributed by atoms with E-state index in [1.54, 1.807) is 19.2 Å². The fourth-order valence-electron chi connectivity index (χ4n) is 3.47. The fraction of sp³-hybridized carbons (Fsp3) is 0.318. The Labute approximate surface area is 172 Å². The highest BCUT2D eigenvalue weighted by Crippen LogP contribution is 2.32. The molecule has 5 nitrogen and oxygen atoms in total. The number of aromatic nitrogens is 3. The van der Waals surface area contributed by atoms with Gasteiger partial charge in [-0.1, -0.05) is 18.2 Å². The van der Waals surface area contributed by atoms with Crippen molar-refractivity contribution in [3.63, 3.8) is 0 Å². The predicted molar refractivity (Wildman–Crippen MR) is 109 cm³/mol. The monoisotopic (exact) mass is 414 g/mol. The molecule has 1 aliphatic heterocycles. The average molecular weight is 414 g/mol. The van der Waals surface area contributed by atoms with Crippen LogP contribution in [0.25, 0.3) is 16.5 Å². The minimum Gasteiger partial charge on any atom is -0.377 e. The zero-order valence-corrected chi connectivity index (χ0v) is 16.6. The number of alkyl halides is 3. The van der Waals surface area contributed by atoms with E-state index in [9.17, 15) is 13.2 Å². The highest BCUT2D eigenvalue weighted by atomic mass is 19.4. The second kappa shape index (κ2) is 8.02. The first kappa shape index (κ1) is 20.3. The highest BCUT2D eigenvalue weighted by Gasteiger charge is 2.30. The zero-order chi connectivity index (χ0) is 21.3. The molecule has 0 saturated carbocycles. The molecule has 30 heavy (non-hydrogen) atoms. The van der Waals surface area contributed by atoms with Gasteiger partial charge in [-0.15, -0.1) is 0 Å². The molecule has 1 aliphatic rings. The number of benzene rings is 1. The Morgan fingerprint density at radius 1 is 1.17 bits per heavy atom. The van der Waals surface area contributed by atoms with Crippen LogP contribution in [0.3, 0.4) is 0 Å². The fourth-order valence-corrected chi connectivity index (χ4v) is 3.47. The maximum atomic E-state index is 13.1. The third-order valence-corrected chi connectivity index (χ3v) is 5.05. The maximum absolute atomic E-state index is 13.1. The van der Waals surface area contributed by atoms with Gasteiger partial charge in [0.1, 0.15) is 11.6 Å². The van der Waals surface area contributed by atoms with Crippen LogP contribution in [0.1, 0.15) is 42.0 Å². The summed E-state index contributed by atoms with van der Waals surface area (Å²) >= 11 is 0. The van der Waals surface area contributed by atoms with Crippen molar-refractivity contribution in [2.45, 2.75) is 32.5 Å². The summed E-state index contributed by atoms with van der Waals surface area (Å²) < 4.78 is 44.6. The normalized spacial score (nSPS) is 15.7. The maximum Gasteiger partial charge on any atom is 0.416 e. The van der Waals surface area contributed by atoms with E-state index < -0.39 is 11.7 Å². The summed E-state index contributed by atoms with van der Waals surface area (Å²) in [6.07, 6.45) is 0.0986. The van der Waals surface area contributed by atoms with E-state index in [1.807, 2.05) is 19.1 Å². The number of pyridine rings is 1. The molecule has 1 N–H and O–H groups in total. The number of nitrogens with zero attached hydrogens (tertiary/aromatic N) is 3. The van der Waals surface area contributed by atoms with Crippen molar-refractivity contribution >= 4 is 22.3 Å². The molecule has 1 atom stereocenters. The SMILES string of the molecule is Cc1nc(N[C@H](C)c2cccc(C(F)(F)F)c2)c2cc(C3=CCOCC3)ncc2n1. The molecule has 0 radical (unpaired) electrons. The molecule has 0 fully saturated rings. The Morgan fingerprint density at radius 2 is 2.00 bits per heavy atom. The van der Waals surface area contributed by atoms with Gasteiger partial charge in [0.15, 0.2) is 0 Å². The van der Waals surface area contributed by atoms with Crippen molar-refractivity contribution in [1.82, 2.24) is 15.0 Å². The quantitative estimate of drug-likeness (QED) is 0.625. The standard InChI is InChI=1S/C22H21F3N4O/c1-13(16-4-3-5-17(10-16)22(23,24)25)27-21-18-11-19(15-6-8-30-9-7-15)26-12-20(18)28-14(2)29-21/h3-6,10-13H,7-9H2,1-2H3,(H,27,28,29)/t13-/m1/s1. The summed E-state index contributed by atoms with van der Waals surface area (Å²) in [6, 6.07) is 6.85. The molecule has 2 aromatic heterocycles. The smallest absolute Gasteiger partial charge is 0.377 e.